The first-order valence-corrected chi connectivity index (χ1v) is 8.68. The number of benzene rings is 1. The first-order valence-electron chi connectivity index (χ1n) is 6.30. The van der Waals surface area contributed by atoms with E-state index in [1.807, 2.05) is 36.4 Å². The van der Waals surface area contributed by atoms with E-state index in [0.717, 1.165) is 27.6 Å². The second-order valence-corrected chi connectivity index (χ2v) is 6.37. The summed E-state index contributed by atoms with van der Waals surface area (Å²) in [6.07, 6.45) is 1.77. The Hall–Kier alpha value is -1.17. The molecule has 0 radical (unpaired) electrons. The largest absolute Gasteiger partial charge is 0.453 e. The highest BCUT2D eigenvalue weighted by Gasteiger charge is 2.22. The average Bonchev–Trinajstić information content (AvgIpc) is 2.97. The Morgan fingerprint density at radius 1 is 1.33 bits per heavy atom. The fourth-order valence-corrected chi connectivity index (χ4v) is 3.50. The number of pyridine rings is 1. The highest BCUT2D eigenvalue weighted by Crippen LogP contribution is 2.38. The van der Waals surface area contributed by atoms with Crippen molar-refractivity contribution in [2.24, 2.45) is 0 Å². The smallest absolute Gasteiger partial charge is 0.177 e. The predicted molar refractivity (Wildman–Crippen MR) is 92.2 cm³/mol. The standard InChI is InChI=1S/C15H12BrClN2OS/c16-11-6-14(20-13-4-2-1-3-5-13)15(18-8-11)19-10-21-9-12(19)7-17/h1-6,8-9H,7,10H2. The summed E-state index contributed by atoms with van der Waals surface area (Å²) in [7, 11) is 0. The fourth-order valence-electron chi connectivity index (χ4n) is 1.96. The van der Waals surface area contributed by atoms with Gasteiger partial charge in [0.2, 0.25) is 0 Å². The number of rotatable bonds is 4. The van der Waals surface area contributed by atoms with E-state index in [-0.39, 0.29) is 0 Å². The summed E-state index contributed by atoms with van der Waals surface area (Å²) >= 11 is 11.1. The van der Waals surface area contributed by atoms with Crippen LogP contribution in [0.25, 0.3) is 0 Å². The Balaban J connectivity index is 1.96. The second-order valence-electron chi connectivity index (χ2n) is 4.36. The minimum absolute atomic E-state index is 0.454. The molecule has 0 fully saturated rings. The van der Waals surface area contributed by atoms with Crippen molar-refractivity contribution in [2.45, 2.75) is 0 Å². The third-order valence-electron chi connectivity index (χ3n) is 2.93. The molecule has 1 aromatic carbocycles. The summed E-state index contributed by atoms with van der Waals surface area (Å²) in [5.74, 6) is 3.51. The van der Waals surface area contributed by atoms with Gasteiger partial charge in [0.15, 0.2) is 11.6 Å². The monoisotopic (exact) mass is 382 g/mol. The normalized spacial score (nSPS) is 14.2. The van der Waals surface area contributed by atoms with Gasteiger partial charge < -0.3 is 9.64 Å². The maximum Gasteiger partial charge on any atom is 0.177 e. The fraction of sp³-hybridized carbons (Fsp3) is 0.133. The molecule has 3 nitrogen and oxygen atoms in total. The van der Waals surface area contributed by atoms with E-state index >= 15 is 0 Å². The molecule has 2 heterocycles. The molecule has 1 aliphatic rings. The van der Waals surface area contributed by atoms with Crippen molar-refractivity contribution < 1.29 is 4.74 Å². The SMILES string of the molecule is ClCC1=CSCN1c1ncc(Br)cc1Oc1ccccc1. The van der Waals surface area contributed by atoms with Crippen molar-refractivity contribution in [3.05, 3.63) is 58.2 Å². The number of allylic oxidation sites excluding steroid dienone is 1. The maximum absolute atomic E-state index is 6.00. The zero-order valence-electron chi connectivity index (χ0n) is 11.0. The number of thioether (sulfide) groups is 1. The average molecular weight is 384 g/mol. The van der Waals surface area contributed by atoms with Gasteiger partial charge >= 0.3 is 0 Å². The van der Waals surface area contributed by atoms with Crippen LogP contribution in [-0.4, -0.2) is 16.7 Å². The second kappa shape index (κ2) is 6.73. The molecule has 0 atom stereocenters. The van der Waals surface area contributed by atoms with Crippen LogP contribution in [0.5, 0.6) is 11.5 Å². The molecule has 3 rings (SSSR count). The van der Waals surface area contributed by atoms with Gasteiger partial charge in [-0.2, -0.15) is 0 Å². The topological polar surface area (TPSA) is 25.4 Å². The summed E-state index contributed by atoms with van der Waals surface area (Å²) in [4.78, 5) is 6.57. The first-order chi connectivity index (χ1) is 10.3. The quantitative estimate of drug-likeness (QED) is 0.675. The van der Waals surface area contributed by atoms with Crippen LogP contribution in [0.4, 0.5) is 5.82 Å². The van der Waals surface area contributed by atoms with E-state index in [9.17, 15) is 0 Å². The number of ether oxygens (including phenoxy) is 1. The lowest BCUT2D eigenvalue weighted by atomic mass is 10.3. The highest BCUT2D eigenvalue weighted by atomic mass is 79.9. The van der Waals surface area contributed by atoms with Gasteiger partial charge in [0.25, 0.3) is 0 Å². The van der Waals surface area contributed by atoms with Crippen LogP contribution in [-0.2, 0) is 0 Å². The van der Waals surface area contributed by atoms with Crippen molar-refractivity contribution in [1.82, 2.24) is 4.98 Å². The van der Waals surface area contributed by atoms with Crippen molar-refractivity contribution >= 4 is 45.1 Å². The molecule has 0 aliphatic carbocycles. The van der Waals surface area contributed by atoms with Crippen LogP contribution in [0.3, 0.4) is 0 Å². The van der Waals surface area contributed by atoms with Crippen LogP contribution < -0.4 is 9.64 Å². The molecular formula is C15H12BrClN2OS. The zero-order chi connectivity index (χ0) is 14.7. The third kappa shape index (κ3) is 3.36. The molecule has 1 aliphatic heterocycles. The molecule has 6 heteroatoms. The van der Waals surface area contributed by atoms with Gasteiger partial charge in [0.05, 0.1) is 11.8 Å². The predicted octanol–water partition coefficient (Wildman–Crippen LogP) is 5.23. The number of halogens is 2. The minimum atomic E-state index is 0.454. The number of alkyl halides is 1. The van der Waals surface area contributed by atoms with Gasteiger partial charge in [0, 0.05) is 22.4 Å². The number of hydrogen-bond acceptors (Lipinski definition) is 4. The Morgan fingerprint density at radius 2 is 2.14 bits per heavy atom. The summed E-state index contributed by atoms with van der Waals surface area (Å²) < 4.78 is 6.86. The molecule has 0 amide bonds. The zero-order valence-corrected chi connectivity index (χ0v) is 14.2. The lowest BCUT2D eigenvalue weighted by Crippen LogP contribution is -2.20. The van der Waals surface area contributed by atoms with Crippen LogP contribution in [0.15, 0.2) is 58.2 Å². The number of hydrogen-bond donors (Lipinski definition) is 0. The lowest BCUT2D eigenvalue weighted by Gasteiger charge is -2.22. The number of aromatic nitrogens is 1. The van der Waals surface area contributed by atoms with E-state index < -0.39 is 0 Å². The van der Waals surface area contributed by atoms with Gasteiger partial charge in [-0.1, -0.05) is 18.2 Å². The lowest BCUT2D eigenvalue weighted by molar-refractivity contribution is 0.480. The molecule has 21 heavy (non-hydrogen) atoms. The van der Waals surface area contributed by atoms with Gasteiger partial charge in [-0.25, -0.2) is 4.98 Å². The highest BCUT2D eigenvalue weighted by molar-refractivity contribution is 9.10. The third-order valence-corrected chi connectivity index (χ3v) is 4.49. The molecule has 0 N–H and O–H groups in total. The Morgan fingerprint density at radius 3 is 2.90 bits per heavy atom. The Kier molecular flexibility index (Phi) is 4.73. The summed E-state index contributed by atoms with van der Waals surface area (Å²) in [5.41, 5.74) is 1.04. The Labute approximate surface area is 141 Å². The van der Waals surface area contributed by atoms with Crippen molar-refractivity contribution in [3.63, 3.8) is 0 Å². The number of nitrogens with zero attached hydrogens (tertiary/aromatic N) is 2. The Bertz CT molecular complexity index is 666. The van der Waals surface area contributed by atoms with Crippen LogP contribution >= 0.6 is 39.3 Å². The first kappa shape index (κ1) is 14.8. The molecule has 0 saturated heterocycles. The van der Waals surface area contributed by atoms with E-state index in [2.05, 4.69) is 31.2 Å². The van der Waals surface area contributed by atoms with E-state index in [0.29, 0.717) is 11.6 Å². The summed E-state index contributed by atoms with van der Waals surface area (Å²) in [6, 6.07) is 11.6. The van der Waals surface area contributed by atoms with Crippen LogP contribution in [0.1, 0.15) is 0 Å². The van der Waals surface area contributed by atoms with Gasteiger partial charge in [-0.3, -0.25) is 0 Å². The molecule has 0 unspecified atom stereocenters. The van der Waals surface area contributed by atoms with E-state index in [1.165, 1.54) is 0 Å². The summed E-state index contributed by atoms with van der Waals surface area (Å²) in [5, 5.41) is 2.06. The molecule has 108 valence electrons. The van der Waals surface area contributed by atoms with E-state index in [4.69, 9.17) is 16.3 Å². The van der Waals surface area contributed by atoms with Crippen LogP contribution in [0.2, 0.25) is 0 Å². The molecule has 1 aromatic heterocycles. The molecule has 0 saturated carbocycles. The molecule has 0 spiro atoms. The number of para-hydroxylation sites is 1. The minimum Gasteiger partial charge on any atom is -0.453 e. The van der Waals surface area contributed by atoms with Crippen molar-refractivity contribution in [1.29, 1.82) is 0 Å². The van der Waals surface area contributed by atoms with E-state index in [1.54, 1.807) is 18.0 Å². The summed E-state index contributed by atoms with van der Waals surface area (Å²) in [6.45, 7) is 0. The van der Waals surface area contributed by atoms with Crippen molar-refractivity contribution in [2.75, 3.05) is 16.7 Å². The van der Waals surface area contributed by atoms with Crippen LogP contribution in [0, 0.1) is 0 Å². The van der Waals surface area contributed by atoms with Gasteiger partial charge in [-0.05, 0) is 33.5 Å². The van der Waals surface area contributed by atoms with Crippen molar-refractivity contribution in [3.8, 4) is 11.5 Å². The van der Waals surface area contributed by atoms with Gasteiger partial charge in [-0.15, -0.1) is 23.4 Å². The number of anilines is 1. The molecular weight excluding hydrogens is 372 g/mol. The van der Waals surface area contributed by atoms with Gasteiger partial charge in [0.1, 0.15) is 5.75 Å². The maximum atomic E-state index is 6.00. The molecule has 0 bridgehead atoms. The molecule has 2 aromatic rings.